The van der Waals surface area contributed by atoms with E-state index in [9.17, 15) is 22.8 Å². The minimum atomic E-state index is -4.44. The number of nitrogens with two attached hydrogens (primary N) is 2. The number of likely N-dealkylation sites (N-methyl/N-ethyl adjacent to an activating group) is 1. The van der Waals surface area contributed by atoms with Crippen molar-refractivity contribution in [2.24, 2.45) is 5.73 Å². The van der Waals surface area contributed by atoms with Gasteiger partial charge in [0.1, 0.15) is 11.9 Å². The number of carbonyl (C=O) groups excluding carboxylic acids is 2. The average molecular weight is 560 g/mol. The molecule has 5 N–H and O–H groups in total. The number of alkyl halides is 3. The van der Waals surface area contributed by atoms with Crippen LogP contribution in [0.5, 0.6) is 0 Å². The maximum atomic E-state index is 12.9. The number of nitrogens with zero attached hydrogens (tertiary/aromatic N) is 2. The third-order valence-electron chi connectivity index (χ3n) is 5.95. The lowest BCUT2D eigenvalue weighted by atomic mass is 10.0. The Balaban J connectivity index is 0.00000342. The number of rotatable bonds is 8. The first-order valence-electron chi connectivity index (χ1n) is 11.1. The number of fused-ring (bicyclic) bond motifs is 1. The number of benzene rings is 2. The largest absolute Gasteiger partial charge is 0.416 e. The van der Waals surface area contributed by atoms with E-state index < -0.39 is 29.7 Å². The Morgan fingerprint density at radius 1 is 1.08 bits per heavy atom. The van der Waals surface area contributed by atoms with Crippen LogP contribution in [0, 0.1) is 0 Å². The number of carbonyl (C=O) groups is 2. The van der Waals surface area contributed by atoms with Crippen molar-refractivity contribution in [3.63, 3.8) is 0 Å². The summed E-state index contributed by atoms with van der Waals surface area (Å²) in [6.45, 7) is 1.84. The monoisotopic (exact) mass is 559 g/mol. The molecule has 2 unspecified atom stereocenters. The summed E-state index contributed by atoms with van der Waals surface area (Å²) in [5.41, 5.74) is 12.4. The zero-order valence-corrected chi connectivity index (χ0v) is 21.9. The molecule has 37 heavy (non-hydrogen) atoms. The molecule has 0 radical (unpaired) electrons. The average Bonchev–Trinajstić information content (AvgIpc) is 2.84. The van der Waals surface area contributed by atoms with E-state index in [1.54, 1.807) is 19.2 Å². The van der Waals surface area contributed by atoms with Gasteiger partial charge < -0.3 is 21.7 Å². The molecular formula is C25H30Cl2F3N5O2. The molecule has 2 aromatic carbocycles. The standard InChI is InChI=1S/C25H28F3N5O2.2ClH/c1-15(23(34)32-14-17-6-8-20-18(12-17)10-11-31-22(20)30)33(2)24(35)21(29)9-7-16-4-3-5-19(13-16)25(26,27)28;;/h3-6,8,10-13,15,21H,7,9,14,29H2,1-2H3,(H2,30,31)(H,32,34);2*1H. The molecule has 0 aliphatic carbocycles. The van der Waals surface area contributed by atoms with Crippen molar-refractivity contribution in [3.8, 4) is 0 Å². The molecule has 1 heterocycles. The van der Waals surface area contributed by atoms with E-state index in [0.29, 0.717) is 11.4 Å². The van der Waals surface area contributed by atoms with Gasteiger partial charge in [0.15, 0.2) is 0 Å². The van der Waals surface area contributed by atoms with Crippen LogP contribution in [0.2, 0.25) is 0 Å². The van der Waals surface area contributed by atoms with E-state index in [2.05, 4.69) is 10.3 Å². The first-order valence-corrected chi connectivity index (χ1v) is 11.1. The Labute approximate surface area is 225 Å². The van der Waals surface area contributed by atoms with Crippen LogP contribution >= 0.6 is 24.8 Å². The van der Waals surface area contributed by atoms with Crippen LogP contribution in [0.4, 0.5) is 19.0 Å². The van der Waals surface area contributed by atoms with Crippen LogP contribution < -0.4 is 16.8 Å². The Morgan fingerprint density at radius 2 is 1.78 bits per heavy atom. The predicted molar refractivity (Wildman–Crippen MR) is 142 cm³/mol. The third-order valence-corrected chi connectivity index (χ3v) is 5.95. The molecule has 0 saturated carbocycles. The predicted octanol–water partition coefficient (Wildman–Crippen LogP) is 4.10. The summed E-state index contributed by atoms with van der Waals surface area (Å²) in [6.07, 6.45) is -2.48. The first-order chi connectivity index (χ1) is 16.5. The second kappa shape index (κ2) is 13.5. The Bertz CT molecular complexity index is 1230. The van der Waals surface area contributed by atoms with Gasteiger partial charge in [-0.1, -0.05) is 30.3 Å². The molecule has 2 amide bonds. The summed E-state index contributed by atoms with van der Waals surface area (Å²) in [5.74, 6) is -0.398. The van der Waals surface area contributed by atoms with Crippen LogP contribution in [-0.4, -0.2) is 40.8 Å². The summed E-state index contributed by atoms with van der Waals surface area (Å²) in [5, 5.41) is 4.52. The van der Waals surface area contributed by atoms with E-state index in [0.717, 1.165) is 28.5 Å². The van der Waals surface area contributed by atoms with E-state index >= 15 is 0 Å². The van der Waals surface area contributed by atoms with E-state index in [1.807, 2.05) is 24.3 Å². The normalized spacial score (nSPS) is 12.6. The van der Waals surface area contributed by atoms with Crippen molar-refractivity contribution in [2.75, 3.05) is 12.8 Å². The number of hydrogen-bond acceptors (Lipinski definition) is 5. The van der Waals surface area contributed by atoms with Crippen molar-refractivity contribution in [1.82, 2.24) is 15.2 Å². The number of nitrogen functional groups attached to an aromatic ring is 1. The van der Waals surface area contributed by atoms with Crippen molar-refractivity contribution in [2.45, 2.75) is 44.6 Å². The molecule has 3 rings (SSSR count). The lowest BCUT2D eigenvalue weighted by Crippen LogP contribution is -2.51. The van der Waals surface area contributed by atoms with Gasteiger partial charge in [-0.05, 0) is 54.5 Å². The molecule has 0 bridgehead atoms. The third kappa shape index (κ3) is 8.21. The van der Waals surface area contributed by atoms with E-state index in [4.69, 9.17) is 11.5 Å². The molecule has 12 heteroatoms. The number of nitrogens with one attached hydrogen (secondary N) is 1. The Hall–Kier alpha value is -3.08. The highest BCUT2D eigenvalue weighted by Gasteiger charge is 2.30. The molecule has 0 aliphatic rings. The Kier molecular flexibility index (Phi) is 11.6. The topological polar surface area (TPSA) is 114 Å². The van der Waals surface area contributed by atoms with Crippen molar-refractivity contribution in [1.29, 1.82) is 0 Å². The molecular weight excluding hydrogens is 530 g/mol. The minimum Gasteiger partial charge on any atom is -0.383 e. The maximum Gasteiger partial charge on any atom is 0.416 e. The summed E-state index contributed by atoms with van der Waals surface area (Å²) in [7, 11) is 1.47. The second-order valence-corrected chi connectivity index (χ2v) is 8.44. The highest BCUT2D eigenvalue weighted by atomic mass is 35.5. The molecule has 0 spiro atoms. The SMILES string of the molecule is CC(C(=O)NCc1ccc2c(N)nccc2c1)N(C)C(=O)C(N)CCc1cccc(C(F)(F)F)c1.Cl.Cl. The van der Waals surface area contributed by atoms with Gasteiger partial charge in [0, 0.05) is 25.2 Å². The maximum absolute atomic E-state index is 12.9. The van der Waals surface area contributed by atoms with Gasteiger partial charge in [-0.3, -0.25) is 9.59 Å². The smallest absolute Gasteiger partial charge is 0.383 e. The van der Waals surface area contributed by atoms with Crippen LogP contribution in [0.15, 0.2) is 54.7 Å². The van der Waals surface area contributed by atoms with Crippen LogP contribution in [0.25, 0.3) is 10.8 Å². The lowest BCUT2D eigenvalue weighted by Gasteiger charge is -2.27. The van der Waals surface area contributed by atoms with Crippen LogP contribution in [0.3, 0.4) is 0 Å². The fourth-order valence-corrected chi connectivity index (χ4v) is 3.67. The summed E-state index contributed by atoms with van der Waals surface area (Å²) in [6, 6.07) is 10.6. The molecule has 0 fully saturated rings. The number of aryl methyl sites for hydroxylation is 1. The lowest BCUT2D eigenvalue weighted by molar-refractivity contribution is -0.139. The van der Waals surface area contributed by atoms with E-state index in [1.165, 1.54) is 18.0 Å². The number of anilines is 1. The van der Waals surface area contributed by atoms with Gasteiger partial charge in [0.2, 0.25) is 11.8 Å². The van der Waals surface area contributed by atoms with Crippen molar-refractivity contribution in [3.05, 3.63) is 71.4 Å². The fourth-order valence-electron chi connectivity index (χ4n) is 3.67. The van der Waals surface area contributed by atoms with Crippen molar-refractivity contribution >= 4 is 53.2 Å². The number of hydrogen-bond donors (Lipinski definition) is 3. The molecule has 3 aromatic rings. The van der Waals surface area contributed by atoms with Gasteiger partial charge in [0.25, 0.3) is 0 Å². The minimum absolute atomic E-state index is 0. The van der Waals surface area contributed by atoms with Crippen LogP contribution in [0.1, 0.15) is 30.0 Å². The zero-order chi connectivity index (χ0) is 25.8. The quantitative estimate of drug-likeness (QED) is 0.384. The molecule has 1 aromatic heterocycles. The van der Waals surface area contributed by atoms with Gasteiger partial charge in [-0.2, -0.15) is 13.2 Å². The van der Waals surface area contributed by atoms with Crippen molar-refractivity contribution < 1.29 is 22.8 Å². The zero-order valence-electron chi connectivity index (χ0n) is 20.3. The number of amides is 2. The van der Waals surface area contributed by atoms with Gasteiger partial charge in [-0.25, -0.2) is 4.98 Å². The van der Waals surface area contributed by atoms with E-state index in [-0.39, 0.29) is 50.1 Å². The molecule has 202 valence electrons. The summed E-state index contributed by atoms with van der Waals surface area (Å²) >= 11 is 0. The fraction of sp³-hybridized carbons (Fsp3) is 0.320. The second-order valence-electron chi connectivity index (χ2n) is 8.44. The van der Waals surface area contributed by atoms with Gasteiger partial charge in [0.05, 0.1) is 11.6 Å². The Morgan fingerprint density at radius 3 is 2.46 bits per heavy atom. The molecule has 0 saturated heterocycles. The summed E-state index contributed by atoms with van der Waals surface area (Å²) < 4.78 is 38.7. The van der Waals surface area contributed by atoms with Gasteiger partial charge in [-0.15, -0.1) is 24.8 Å². The van der Waals surface area contributed by atoms with Gasteiger partial charge >= 0.3 is 6.18 Å². The summed E-state index contributed by atoms with van der Waals surface area (Å²) in [4.78, 5) is 30.6. The molecule has 7 nitrogen and oxygen atoms in total. The highest BCUT2D eigenvalue weighted by molar-refractivity contribution is 5.91. The molecule has 0 aliphatic heterocycles. The van der Waals surface area contributed by atoms with Crippen LogP contribution in [-0.2, 0) is 28.7 Å². The molecule has 2 atom stereocenters. The number of pyridine rings is 1. The number of aromatic nitrogens is 1. The number of halogens is 5. The first kappa shape index (κ1) is 31.9. The highest BCUT2D eigenvalue weighted by Crippen LogP contribution is 2.29.